The summed E-state index contributed by atoms with van der Waals surface area (Å²) in [7, 11) is 1.78. The molecule has 17 heavy (non-hydrogen) atoms. The number of anilines is 1. The highest BCUT2D eigenvalue weighted by atomic mass is 32.1. The van der Waals surface area contributed by atoms with E-state index in [9.17, 15) is 4.79 Å². The Labute approximate surface area is 103 Å². The average Bonchev–Trinajstić information content (AvgIpc) is 2.78. The average molecular weight is 250 g/mol. The second-order valence-corrected chi connectivity index (χ2v) is 4.58. The van der Waals surface area contributed by atoms with E-state index in [0.717, 1.165) is 5.69 Å². The van der Waals surface area contributed by atoms with Gasteiger partial charge in [0.1, 0.15) is 0 Å². The van der Waals surface area contributed by atoms with Crippen molar-refractivity contribution in [3.63, 3.8) is 0 Å². The van der Waals surface area contributed by atoms with Crippen molar-refractivity contribution >= 4 is 16.5 Å². The van der Waals surface area contributed by atoms with Gasteiger partial charge in [0.2, 0.25) is 5.13 Å². The lowest BCUT2D eigenvalue weighted by molar-refractivity contribution is 0.702. The molecule has 2 aromatic rings. The van der Waals surface area contributed by atoms with Gasteiger partial charge in [-0.25, -0.2) is 0 Å². The fourth-order valence-electron chi connectivity index (χ4n) is 1.66. The van der Waals surface area contributed by atoms with Crippen LogP contribution < -0.4 is 10.9 Å². The molecule has 90 valence electrons. The molecule has 1 N–H and O–H groups in total. The summed E-state index contributed by atoms with van der Waals surface area (Å²) >= 11 is 1.38. The van der Waals surface area contributed by atoms with Crippen molar-refractivity contribution in [3.05, 3.63) is 28.2 Å². The molecule has 0 bridgehead atoms. The van der Waals surface area contributed by atoms with E-state index in [0.29, 0.717) is 22.2 Å². The zero-order valence-corrected chi connectivity index (χ0v) is 10.8. The lowest BCUT2D eigenvalue weighted by Crippen LogP contribution is -2.22. The van der Waals surface area contributed by atoms with Gasteiger partial charge < -0.3 is 9.88 Å². The van der Waals surface area contributed by atoms with E-state index in [2.05, 4.69) is 15.5 Å². The first-order valence-corrected chi connectivity index (χ1v) is 6.21. The highest BCUT2D eigenvalue weighted by molar-refractivity contribution is 7.18. The van der Waals surface area contributed by atoms with Crippen LogP contribution in [0.15, 0.2) is 16.9 Å². The number of pyridine rings is 1. The van der Waals surface area contributed by atoms with Crippen molar-refractivity contribution in [1.82, 2.24) is 14.8 Å². The van der Waals surface area contributed by atoms with Crippen molar-refractivity contribution in [2.45, 2.75) is 20.4 Å². The third-order valence-electron chi connectivity index (χ3n) is 2.58. The maximum Gasteiger partial charge on any atom is 0.261 e. The van der Waals surface area contributed by atoms with Crippen LogP contribution in [-0.4, -0.2) is 21.8 Å². The largest absolute Gasteiger partial charge is 0.363 e. The Hall–Kier alpha value is -1.69. The van der Waals surface area contributed by atoms with Crippen LogP contribution in [0, 0.1) is 6.92 Å². The van der Waals surface area contributed by atoms with Crippen molar-refractivity contribution in [2.75, 3.05) is 12.4 Å². The van der Waals surface area contributed by atoms with Gasteiger partial charge in [0.15, 0.2) is 5.01 Å². The SMILES string of the molecule is CCn1c(C)ccc(-c2nnc(NC)s2)c1=O. The summed E-state index contributed by atoms with van der Waals surface area (Å²) < 4.78 is 1.73. The van der Waals surface area contributed by atoms with Gasteiger partial charge in [0.25, 0.3) is 5.56 Å². The molecule has 0 amide bonds. The molecule has 0 aliphatic heterocycles. The first-order valence-electron chi connectivity index (χ1n) is 5.39. The maximum atomic E-state index is 12.2. The minimum absolute atomic E-state index is 0.00805. The third-order valence-corrected chi connectivity index (χ3v) is 3.55. The van der Waals surface area contributed by atoms with Gasteiger partial charge in [-0.3, -0.25) is 4.79 Å². The van der Waals surface area contributed by atoms with Crippen LogP contribution in [-0.2, 0) is 6.54 Å². The molecule has 6 heteroatoms. The van der Waals surface area contributed by atoms with Gasteiger partial charge in [-0.2, -0.15) is 0 Å². The monoisotopic (exact) mass is 250 g/mol. The number of aryl methyl sites for hydroxylation is 1. The van der Waals surface area contributed by atoms with Crippen LogP contribution in [0.4, 0.5) is 5.13 Å². The highest BCUT2D eigenvalue weighted by Crippen LogP contribution is 2.23. The van der Waals surface area contributed by atoms with E-state index in [1.165, 1.54) is 11.3 Å². The van der Waals surface area contributed by atoms with Crippen LogP contribution in [0.3, 0.4) is 0 Å². The molecule has 2 heterocycles. The predicted molar refractivity (Wildman–Crippen MR) is 69.6 cm³/mol. The Balaban J connectivity index is 2.56. The van der Waals surface area contributed by atoms with E-state index < -0.39 is 0 Å². The van der Waals surface area contributed by atoms with E-state index >= 15 is 0 Å². The normalized spacial score (nSPS) is 10.5. The van der Waals surface area contributed by atoms with Gasteiger partial charge in [0, 0.05) is 19.3 Å². The maximum absolute atomic E-state index is 12.2. The van der Waals surface area contributed by atoms with E-state index in [4.69, 9.17) is 0 Å². The summed E-state index contributed by atoms with van der Waals surface area (Å²) in [5, 5.41) is 12.2. The molecule has 0 fully saturated rings. The minimum Gasteiger partial charge on any atom is -0.363 e. The Morgan fingerprint density at radius 1 is 1.41 bits per heavy atom. The summed E-state index contributed by atoms with van der Waals surface area (Å²) in [6.45, 7) is 4.54. The zero-order chi connectivity index (χ0) is 12.4. The lowest BCUT2D eigenvalue weighted by atomic mass is 10.2. The summed E-state index contributed by atoms with van der Waals surface area (Å²) in [6.07, 6.45) is 0. The Morgan fingerprint density at radius 3 is 2.76 bits per heavy atom. The zero-order valence-electron chi connectivity index (χ0n) is 10.0. The van der Waals surface area contributed by atoms with Crippen LogP contribution in [0.1, 0.15) is 12.6 Å². The molecule has 0 atom stereocenters. The molecule has 2 rings (SSSR count). The second-order valence-electron chi connectivity index (χ2n) is 3.60. The number of aromatic nitrogens is 3. The Bertz CT molecular complexity index is 587. The fourth-order valence-corrected chi connectivity index (χ4v) is 2.37. The molecule has 2 aromatic heterocycles. The topological polar surface area (TPSA) is 59.8 Å². The van der Waals surface area contributed by atoms with Crippen LogP contribution in [0.5, 0.6) is 0 Å². The van der Waals surface area contributed by atoms with Crippen LogP contribution in [0.25, 0.3) is 10.6 Å². The second kappa shape index (κ2) is 4.67. The third kappa shape index (κ3) is 2.08. The van der Waals surface area contributed by atoms with Crippen molar-refractivity contribution in [3.8, 4) is 10.6 Å². The Kier molecular flexibility index (Phi) is 3.23. The van der Waals surface area contributed by atoms with Gasteiger partial charge in [-0.05, 0) is 26.0 Å². The molecule has 0 spiro atoms. The van der Waals surface area contributed by atoms with Crippen molar-refractivity contribution in [2.24, 2.45) is 0 Å². The highest BCUT2D eigenvalue weighted by Gasteiger charge is 2.11. The smallest absolute Gasteiger partial charge is 0.261 e. The number of hydrogen-bond acceptors (Lipinski definition) is 5. The van der Waals surface area contributed by atoms with Crippen LogP contribution >= 0.6 is 11.3 Å². The lowest BCUT2D eigenvalue weighted by Gasteiger charge is -2.07. The standard InChI is InChI=1S/C11H14N4OS/c1-4-15-7(2)5-6-8(10(15)16)9-13-14-11(12-3)17-9/h5-6H,4H2,1-3H3,(H,12,14). The van der Waals surface area contributed by atoms with Gasteiger partial charge >= 0.3 is 0 Å². The summed E-state index contributed by atoms with van der Waals surface area (Å²) in [5.41, 5.74) is 1.56. The van der Waals surface area contributed by atoms with E-state index in [1.54, 1.807) is 11.6 Å². The van der Waals surface area contributed by atoms with Crippen molar-refractivity contribution < 1.29 is 0 Å². The molecule has 0 radical (unpaired) electrons. The van der Waals surface area contributed by atoms with Gasteiger partial charge in [-0.1, -0.05) is 11.3 Å². The van der Waals surface area contributed by atoms with Crippen molar-refractivity contribution in [1.29, 1.82) is 0 Å². The Morgan fingerprint density at radius 2 is 2.18 bits per heavy atom. The first-order chi connectivity index (χ1) is 8.17. The molecular formula is C11H14N4OS. The summed E-state index contributed by atoms with van der Waals surface area (Å²) in [6, 6.07) is 3.74. The fraction of sp³-hybridized carbons (Fsp3) is 0.364. The molecule has 0 saturated carbocycles. The molecule has 0 unspecified atom stereocenters. The van der Waals surface area contributed by atoms with E-state index in [1.807, 2.05) is 26.0 Å². The minimum atomic E-state index is -0.00805. The first kappa shape index (κ1) is 11.8. The van der Waals surface area contributed by atoms with Gasteiger partial charge in [0.05, 0.1) is 5.56 Å². The van der Waals surface area contributed by atoms with E-state index in [-0.39, 0.29) is 5.56 Å². The number of rotatable bonds is 3. The number of hydrogen-bond donors (Lipinski definition) is 1. The summed E-state index contributed by atoms with van der Waals surface area (Å²) in [4.78, 5) is 12.2. The molecule has 0 aliphatic rings. The number of nitrogens with one attached hydrogen (secondary N) is 1. The molecule has 5 nitrogen and oxygen atoms in total. The number of nitrogens with zero attached hydrogens (tertiary/aromatic N) is 3. The molecule has 0 saturated heterocycles. The van der Waals surface area contributed by atoms with Crippen LogP contribution in [0.2, 0.25) is 0 Å². The molecular weight excluding hydrogens is 236 g/mol. The molecule has 0 aliphatic carbocycles. The predicted octanol–water partition coefficient (Wildman–Crippen LogP) is 1.74. The summed E-state index contributed by atoms with van der Waals surface area (Å²) in [5.74, 6) is 0. The quantitative estimate of drug-likeness (QED) is 0.901. The van der Waals surface area contributed by atoms with Gasteiger partial charge in [-0.15, -0.1) is 10.2 Å². The molecule has 0 aromatic carbocycles.